The Hall–Kier alpha value is -2.20. The first-order valence-electron chi connectivity index (χ1n) is 6.72. The highest BCUT2D eigenvalue weighted by atomic mass is 19.2. The van der Waals surface area contributed by atoms with Gasteiger partial charge >= 0.3 is 0 Å². The van der Waals surface area contributed by atoms with Crippen molar-refractivity contribution in [2.75, 3.05) is 0 Å². The van der Waals surface area contributed by atoms with Gasteiger partial charge in [0.1, 0.15) is 0 Å². The molecule has 0 atom stereocenters. The molecule has 0 radical (unpaired) electrons. The summed E-state index contributed by atoms with van der Waals surface area (Å²) < 4.78 is 28.3. The third kappa shape index (κ3) is 2.43. The molecule has 3 aromatic rings. The average molecular weight is 287 g/mol. The standard InChI is InChI=1S/C17H15F2NO/c1-11-14(10-21)4-3-13-6-7-20(17(11)13)9-12-2-5-15(18)16(19)8-12/h2-8,21H,9-10H2,1H3. The van der Waals surface area contributed by atoms with Crippen LogP contribution in [0.15, 0.2) is 42.6 Å². The predicted octanol–water partition coefficient (Wildman–Crippen LogP) is 3.77. The van der Waals surface area contributed by atoms with Gasteiger partial charge in [0.25, 0.3) is 0 Å². The summed E-state index contributed by atoms with van der Waals surface area (Å²) in [4.78, 5) is 0. The summed E-state index contributed by atoms with van der Waals surface area (Å²) >= 11 is 0. The van der Waals surface area contributed by atoms with E-state index in [1.807, 2.05) is 35.9 Å². The fourth-order valence-electron chi connectivity index (χ4n) is 2.66. The maximum absolute atomic E-state index is 13.3. The summed E-state index contributed by atoms with van der Waals surface area (Å²) in [6.45, 7) is 2.39. The molecule has 0 amide bonds. The maximum Gasteiger partial charge on any atom is 0.159 e. The molecule has 0 unspecified atom stereocenters. The second-order valence-electron chi connectivity index (χ2n) is 5.14. The van der Waals surface area contributed by atoms with E-state index in [-0.39, 0.29) is 6.61 Å². The van der Waals surface area contributed by atoms with Crippen molar-refractivity contribution in [2.45, 2.75) is 20.1 Å². The van der Waals surface area contributed by atoms with Gasteiger partial charge in [-0.3, -0.25) is 0 Å². The van der Waals surface area contributed by atoms with Crippen molar-refractivity contribution < 1.29 is 13.9 Å². The minimum absolute atomic E-state index is 0.0157. The molecule has 21 heavy (non-hydrogen) atoms. The zero-order valence-corrected chi connectivity index (χ0v) is 11.6. The third-order valence-electron chi connectivity index (χ3n) is 3.80. The Morgan fingerprint density at radius 3 is 2.57 bits per heavy atom. The Morgan fingerprint density at radius 2 is 1.86 bits per heavy atom. The average Bonchev–Trinajstić information content (AvgIpc) is 2.87. The number of benzene rings is 2. The molecule has 4 heteroatoms. The van der Waals surface area contributed by atoms with Crippen LogP contribution >= 0.6 is 0 Å². The number of nitrogens with zero attached hydrogens (tertiary/aromatic N) is 1. The van der Waals surface area contributed by atoms with Crippen molar-refractivity contribution in [3.05, 3.63) is 70.9 Å². The van der Waals surface area contributed by atoms with E-state index in [2.05, 4.69) is 0 Å². The van der Waals surface area contributed by atoms with E-state index < -0.39 is 11.6 Å². The van der Waals surface area contributed by atoms with Crippen molar-refractivity contribution >= 4 is 10.9 Å². The fourth-order valence-corrected chi connectivity index (χ4v) is 2.66. The van der Waals surface area contributed by atoms with Crippen molar-refractivity contribution in [1.82, 2.24) is 4.57 Å². The zero-order valence-electron chi connectivity index (χ0n) is 11.6. The van der Waals surface area contributed by atoms with Crippen LogP contribution in [-0.4, -0.2) is 9.67 Å². The molecule has 3 rings (SSSR count). The number of halogens is 2. The van der Waals surface area contributed by atoms with Gasteiger partial charge in [0.15, 0.2) is 11.6 Å². The monoisotopic (exact) mass is 287 g/mol. The Balaban J connectivity index is 2.06. The molecule has 0 aliphatic rings. The SMILES string of the molecule is Cc1c(CO)ccc2ccn(Cc3ccc(F)c(F)c3)c12. The molecule has 2 nitrogen and oxygen atoms in total. The number of aliphatic hydroxyl groups excluding tert-OH is 1. The van der Waals surface area contributed by atoms with E-state index >= 15 is 0 Å². The number of rotatable bonds is 3. The van der Waals surface area contributed by atoms with Gasteiger partial charge in [-0.05, 0) is 47.2 Å². The lowest BCUT2D eigenvalue weighted by Gasteiger charge is -2.10. The van der Waals surface area contributed by atoms with Gasteiger partial charge in [-0.15, -0.1) is 0 Å². The number of aryl methyl sites for hydroxylation is 1. The highest BCUT2D eigenvalue weighted by Crippen LogP contribution is 2.24. The molecular weight excluding hydrogens is 272 g/mol. The van der Waals surface area contributed by atoms with E-state index in [1.165, 1.54) is 6.07 Å². The Labute approximate surface area is 121 Å². The molecule has 0 spiro atoms. The largest absolute Gasteiger partial charge is 0.392 e. The van der Waals surface area contributed by atoms with Gasteiger partial charge in [-0.1, -0.05) is 18.2 Å². The van der Waals surface area contributed by atoms with E-state index in [4.69, 9.17) is 0 Å². The van der Waals surface area contributed by atoms with E-state index in [0.29, 0.717) is 12.1 Å². The van der Waals surface area contributed by atoms with Gasteiger partial charge < -0.3 is 9.67 Å². The number of hydrogen-bond donors (Lipinski definition) is 1. The van der Waals surface area contributed by atoms with E-state index in [1.54, 1.807) is 6.07 Å². The number of fused-ring (bicyclic) bond motifs is 1. The lowest BCUT2D eigenvalue weighted by atomic mass is 10.1. The molecule has 1 aromatic heterocycles. The van der Waals surface area contributed by atoms with Crippen LogP contribution in [0.3, 0.4) is 0 Å². The first kappa shape index (κ1) is 13.8. The summed E-state index contributed by atoms with van der Waals surface area (Å²) in [6.07, 6.45) is 1.92. The molecule has 1 heterocycles. The predicted molar refractivity (Wildman–Crippen MR) is 78.1 cm³/mol. The molecule has 0 fully saturated rings. The minimum atomic E-state index is -0.838. The van der Waals surface area contributed by atoms with Gasteiger partial charge in [0, 0.05) is 12.7 Å². The lowest BCUT2D eigenvalue weighted by molar-refractivity contribution is 0.281. The van der Waals surface area contributed by atoms with Crippen LogP contribution in [0.1, 0.15) is 16.7 Å². The van der Waals surface area contributed by atoms with Gasteiger partial charge in [-0.2, -0.15) is 0 Å². The normalized spacial score (nSPS) is 11.2. The van der Waals surface area contributed by atoms with E-state index in [0.717, 1.165) is 28.1 Å². The van der Waals surface area contributed by atoms with Crippen LogP contribution in [-0.2, 0) is 13.2 Å². The molecule has 0 aliphatic heterocycles. The molecule has 2 aromatic carbocycles. The van der Waals surface area contributed by atoms with Gasteiger partial charge in [0.05, 0.1) is 12.1 Å². The van der Waals surface area contributed by atoms with Crippen molar-refractivity contribution in [1.29, 1.82) is 0 Å². The molecule has 0 saturated heterocycles. The summed E-state index contributed by atoms with van der Waals surface area (Å²) in [7, 11) is 0. The van der Waals surface area contributed by atoms with Gasteiger partial charge in [-0.25, -0.2) is 8.78 Å². The van der Waals surface area contributed by atoms with Crippen LogP contribution < -0.4 is 0 Å². The molecule has 108 valence electrons. The minimum Gasteiger partial charge on any atom is -0.392 e. The molecule has 0 saturated carbocycles. The van der Waals surface area contributed by atoms with Crippen LogP contribution in [0.5, 0.6) is 0 Å². The van der Waals surface area contributed by atoms with Crippen LogP contribution in [0.25, 0.3) is 10.9 Å². The summed E-state index contributed by atoms with van der Waals surface area (Å²) in [6, 6.07) is 9.77. The quantitative estimate of drug-likeness (QED) is 0.779. The van der Waals surface area contributed by atoms with Gasteiger partial charge in [0.2, 0.25) is 0 Å². The molecular formula is C17H15F2NO. The summed E-state index contributed by atoms with van der Waals surface area (Å²) in [5.41, 5.74) is 3.57. The highest BCUT2D eigenvalue weighted by Gasteiger charge is 2.09. The van der Waals surface area contributed by atoms with Crippen LogP contribution in [0.2, 0.25) is 0 Å². The third-order valence-corrected chi connectivity index (χ3v) is 3.80. The highest BCUT2D eigenvalue weighted by molar-refractivity contribution is 5.84. The lowest BCUT2D eigenvalue weighted by Crippen LogP contribution is -2.01. The molecule has 0 aliphatic carbocycles. The Morgan fingerprint density at radius 1 is 1.05 bits per heavy atom. The van der Waals surface area contributed by atoms with Crippen LogP contribution in [0.4, 0.5) is 8.78 Å². The zero-order chi connectivity index (χ0) is 15.0. The first-order chi connectivity index (χ1) is 10.1. The number of aliphatic hydroxyl groups is 1. The van der Waals surface area contributed by atoms with E-state index in [9.17, 15) is 13.9 Å². The molecule has 0 bridgehead atoms. The van der Waals surface area contributed by atoms with Crippen LogP contribution in [0, 0.1) is 18.6 Å². The fraction of sp³-hybridized carbons (Fsp3) is 0.176. The number of hydrogen-bond acceptors (Lipinski definition) is 1. The Bertz CT molecular complexity index is 808. The van der Waals surface area contributed by atoms with Crippen molar-refractivity contribution in [3.8, 4) is 0 Å². The van der Waals surface area contributed by atoms with Crippen molar-refractivity contribution in [2.24, 2.45) is 0 Å². The number of aromatic nitrogens is 1. The second-order valence-corrected chi connectivity index (χ2v) is 5.14. The molecule has 1 N–H and O–H groups in total. The van der Waals surface area contributed by atoms with Crippen molar-refractivity contribution in [3.63, 3.8) is 0 Å². The first-order valence-corrected chi connectivity index (χ1v) is 6.72. The Kier molecular flexibility index (Phi) is 3.47. The maximum atomic E-state index is 13.3. The summed E-state index contributed by atoms with van der Waals surface area (Å²) in [5, 5.41) is 10.4. The topological polar surface area (TPSA) is 25.2 Å². The summed E-state index contributed by atoms with van der Waals surface area (Å²) in [5.74, 6) is -1.67. The second kappa shape index (κ2) is 5.30. The smallest absolute Gasteiger partial charge is 0.159 e.